The molecule has 14 nitrogen and oxygen atoms in total. The average Bonchev–Trinajstić information content (AvgIpc) is 3.42. The number of aryl methyl sites for hydroxylation is 1. The molecule has 9 N–H and O–H groups in total. The second-order valence-electron chi connectivity index (χ2n) is 10.00. The molecule has 0 saturated carbocycles. The summed E-state index contributed by atoms with van der Waals surface area (Å²) < 4.78 is 0. The first-order valence-corrected chi connectivity index (χ1v) is 13.6. The third kappa shape index (κ3) is 11.4. The Morgan fingerprint density at radius 3 is 2.37 bits per heavy atom. The van der Waals surface area contributed by atoms with E-state index in [0.29, 0.717) is 25.7 Å². The van der Waals surface area contributed by atoms with E-state index in [4.69, 9.17) is 11.5 Å². The summed E-state index contributed by atoms with van der Waals surface area (Å²) in [4.78, 5) is 67.6. The molecule has 4 amide bonds. The van der Waals surface area contributed by atoms with Gasteiger partial charge in [0.2, 0.25) is 23.6 Å². The second-order valence-corrected chi connectivity index (χ2v) is 10.00. The van der Waals surface area contributed by atoms with Crippen LogP contribution in [-0.2, 0) is 30.4 Å². The zero-order valence-corrected chi connectivity index (χ0v) is 23.3. The van der Waals surface area contributed by atoms with E-state index in [1.54, 1.807) is 6.92 Å². The van der Waals surface area contributed by atoms with Crippen molar-refractivity contribution in [3.05, 3.63) is 35.9 Å². The van der Waals surface area contributed by atoms with Crippen molar-refractivity contribution in [2.75, 3.05) is 19.7 Å². The lowest BCUT2D eigenvalue weighted by Crippen LogP contribution is -2.55. The number of hydrogen-bond acceptors (Lipinski definition) is 7. The number of carboxylic acid groups (broad SMARTS) is 1. The molecule has 1 heterocycles. The van der Waals surface area contributed by atoms with Gasteiger partial charge in [-0.2, -0.15) is 0 Å². The van der Waals surface area contributed by atoms with E-state index in [2.05, 4.69) is 20.9 Å². The largest absolute Gasteiger partial charge is 0.480 e. The number of carboxylic acids is 1. The predicted octanol–water partition coefficient (Wildman–Crippen LogP) is -1.39. The number of hydrogen-bond donors (Lipinski definition) is 7. The second kappa shape index (κ2) is 16.8. The molecule has 1 aromatic carbocycles. The monoisotopic (exact) mass is 575 g/mol. The summed E-state index contributed by atoms with van der Waals surface area (Å²) in [6, 6.07) is 5.58. The van der Waals surface area contributed by atoms with Gasteiger partial charge in [0.05, 0.1) is 6.61 Å². The topological polar surface area (TPSA) is 230 Å². The van der Waals surface area contributed by atoms with Gasteiger partial charge in [0.25, 0.3) is 0 Å². The highest BCUT2D eigenvalue weighted by Gasteiger charge is 2.38. The Balaban J connectivity index is 1.86. The number of carbonyl (C=O) groups is 5. The van der Waals surface area contributed by atoms with E-state index in [-0.39, 0.29) is 38.3 Å². The maximum atomic E-state index is 13.1. The summed E-state index contributed by atoms with van der Waals surface area (Å²) in [6.45, 7) is 1.48. The number of likely N-dealkylation sites (tertiary alicyclic amines) is 1. The molecule has 2 rings (SSSR count). The summed E-state index contributed by atoms with van der Waals surface area (Å²) in [5, 5.41) is 26.9. The first kappa shape index (κ1) is 33.0. The Bertz CT molecular complexity index is 1080. The smallest absolute Gasteiger partial charge is 0.326 e. The quantitative estimate of drug-likeness (QED) is 0.0697. The number of benzene rings is 1. The van der Waals surface area contributed by atoms with Crippen LogP contribution in [0, 0.1) is 0 Å². The van der Waals surface area contributed by atoms with Gasteiger partial charge in [-0.3, -0.25) is 24.2 Å². The lowest BCUT2D eigenvalue weighted by atomic mass is 10.1. The fourth-order valence-electron chi connectivity index (χ4n) is 4.54. The van der Waals surface area contributed by atoms with Crippen LogP contribution in [0.4, 0.5) is 0 Å². The lowest BCUT2D eigenvalue weighted by molar-refractivity contribution is -0.143. The molecule has 1 fully saturated rings. The molecule has 41 heavy (non-hydrogen) atoms. The maximum Gasteiger partial charge on any atom is 0.326 e. The Kier molecular flexibility index (Phi) is 13.5. The highest BCUT2D eigenvalue weighted by atomic mass is 16.4. The minimum atomic E-state index is -1.20. The van der Waals surface area contributed by atoms with Crippen LogP contribution in [-0.4, -0.2) is 94.5 Å². The Hall–Kier alpha value is -4.20. The third-order valence-electron chi connectivity index (χ3n) is 6.60. The molecule has 14 heteroatoms. The van der Waals surface area contributed by atoms with E-state index >= 15 is 0 Å². The molecule has 226 valence electrons. The highest BCUT2D eigenvalue weighted by molar-refractivity contribution is 5.93. The van der Waals surface area contributed by atoms with Crippen molar-refractivity contribution in [2.24, 2.45) is 16.5 Å². The summed E-state index contributed by atoms with van der Waals surface area (Å²) in [6.07, 6.45) is 1.83. The van der Waals surface area contributed by atoms with Gasteiger partial charge in [-0.15, -0.1) is 0 Å². The minimum Gasteiger partial charge on any atom is -0.480 e. The molecule has 4 atom stereocenters. The number of carbonyl (C=O) groups excluding carboxylic acids is 4. The number of rotatable bonds is 16. The zero-order valence-electron chi connectivity index (χ0n) is 23.3. The molecule has 0 bridgehead atoms. The predicted molar refractivity (Wildman–Crippen MR) is 150 cm³/mol. The number of aliphatic imine (C=N–C) groups is 1. The Labute approximate surface area is 238 Å². The minimum absolute atomic E-state index is 0.108. The van der Waals surface area contributed by atoms with Gasteiger partial charge in [-0.25, -0.2) is 4.79 Å². The molecule has 1 aliphatic rings. The number of aliphatic hydroxyl groups is 1. The van der Waals surface area contributed by atoms with E-state index in [1.165, 1.54) is 4.90 Å². The molecule has 1 aliphatic heterocycles. The van der Waals surface area contributed by atoms with Gasteiger partial charge < -0.3 is 42.5 Å². The molecular weight excluding hydrogens is 534 g/mol. The van der Waals surface area contributed by atoms with Crippen LogP contribution < -0.4 is 27.4 Å². The van der Waals surface area contributed by atoms with E-state index in [9.17, 15) is 34.2 Å². The van der Waals surface area contributed by atoms with Gasteiger partial charge in [-0.1, -0.05) is 30.3 Å². The molecule has 0 radical (unpaired) electrons. The maximum absolute atomic E-state index is 13.1. The van der Waals surface area contributed by atoms with Crippen molar-refractivity contribution in [1.29, 1.82) is 0 Å². The zero-order chi connectivity index (χ0) is 30.4. The van der Waals surface area contributed by atoms with Crippen LogP contribution in [0.15, 0.2) is 35.3 Å². The van der Waals surface area contributed by atoms with Gasteiger partial charge in [0.1, 0.15) is 18.1 Å². The Morgan fingerprint density at radius 2 is 1.73 bits per heavy atom. The van der Waals surface area contributed by atoms with E-state index < -0.39 is 60.4 Å². The first-order chi connectivity index (χ1) is 19.5. The number of aliphatic carboxylic acids is 1. The number of nitrogens with two attached hydrogens (primary N) is 2. The van der Waals surface area contributed by atoms with Crippen molar-refractivity contribution in [1.82, 2.24) is 20.9 Å². The number of nitrogens with one attached hydrogen (secondary N) is 3. The van der Waals surface area contributed by atoms with Crippen LogP contribution in [0.25, 0.3) is 0 Å². The summed E-state index contributed by atoms with van der Waals surface area (Å²) in [7, 11) is 0. The lowest BCUT2D eigenvalue weighted by Gasteiger charge is -2.29. The Morgan fingerprint density at radius 1 is 1.05 bits per heavy atom. The van der Waals surface area contributed by atoms with Gasteiger partial charge in [0.15, 0.2) is 5.96 Å². The van der Waals surface area contributed by atoms with Crippen LogP contribution >= 0.6 is 0 Å². The van der Waals surface area contributed by atoms with Gasteiger partial charge in [0, 0.05) is 32.0 Å². The molecule has 0 aromatic heterocycles. The number of guanidine groups is 1. The molecular formula is C27H41N7O7. The summed E-state index contributed by atoms with van der Waals surface area (Å²) >= 11 is 0. The fourth-order valence-corrected chi connectivity index (χ4v) is 4.54. The van der Waals surface area contributed by atoms with Crippen LogP contribution in [0.3, 0.4) is 0 Å². The normalized spacial score (nSPS) is 16.6. The van der Waals surface area contributed by atoms with Crippen LogP contribution in [0.5, 0.6) is 0 Å². The highest BCUT2D eigenvalue weighted by Crippen LogP contribution is 2.19. The van der Waals surface area contributed by atoms with Gasteiger partial charge in [-0.05, 0) is 44.6 Å². The molecule has 0 unspecified atom stereocenters. The van der Waals surface area contributed by atoms with Crippen LogP contribution in [0.2, 0.25) is 0 Å². The molecule has 0 spiro atoms. The van der Waals surface area contributed by atoms with Crippen molar-refractivity contribution < 1.29 is 34.2 Å². The van der Waals surface area contributed by atoms with Crippen molar-refractivity contribution >= 4 is 35.6 Å². The van der Waals surface area contributed by atoms with E-state index in [1.807, 2.05) is 30.3 Å². The number of amides is 4. The van der Waals surface area contributed by atoms with Crippen molar-refractivity contribution in [3.63, 3.8) is 0 Å². The summed E-state index contributed by atoms with van der Waals surface area (Å²) in [5.41, 5.74) is 11.5. The van der Waals surface area contributed by atoms with E-state index in [0.717, 1.165) is 5.56 Å². The molecule has 1 aromatic rings. The number of nitrogens with zero attached hydrogens (tertiary/aromatic N) is 2. The van der Waals surface area contributed by atoms with Crippen LogP contribution in [0.1, 0.15) is 51.0 Å². The van der Waals surface area contributed by atoms with Crippen molar-refractivity contribution in [3.8, 4) is 0 Å². The average molecular weight is 576 g/mol. The number of aliphatic hydroxyl groups excluding tert-OH is 1. The van der Waals surface area contributed by atoms with Crippen molar-refractivity contribution in [2.45, 2.75) is 76.0 Å². The summed E-state index contributed by atoms with van der Waals surface area (Å²) in [5.74, 6) is -3.31. The first-order valence-electron chi connectivity index (χ1n) is 13.6. The fraction of sp³-hybridized carbons (Fsp3) is 0.556. The van der Waals surface area contributed by atoms with Gasteiger partial charge >= 0.3 is 5.97 Å². The molecule has 0 aliphatic carbocycles. The third-order valence-corrected chi connectivity index (χ3v) is 6.60. The molecule has 1 saturated heterocycles. The SMILES string of the molecule is C[C@H](CC(=O)N[C@H](CCCN=C(N)N)C(=O)O)NC(=O)[C@@H]1CCCN1C(=O)[C@H](CO)NC(=O)CCc1ccccc1. The standard InChI is InChI=1S/C27H41N7O7/c1-17(15-23(37)32-19(26(40)41)9-5-13-30-27(28)29)31-24(38)21-10-6-14-34(21)25(39)20(16-35)33-22(36)12-11-18-7-3-2-4-8-18/h2-4,7-8,17,19-21,35H,5-6,9-16H2,1H3,(H,31,38)(H,32,37)(H,33,36)(H,40,41)(H4,28,29,30)/t17-,19-,20+,21+/m1/s1.